The smallest absolute Gasteiger partial charge is 0.373 e. The van der Waals surface area contributed by atoms with Crippen LogP contribution >= 0.6 is 15.9 Å². The van der Waals surface area contributed by atoms with E-state index in [4.69, 9.17) is 42.4 Å². The van der Waals surface area contributed by atoms with Crippen molar-refractivity contribution in [3.8, 4) is 22.6 Å². The van der Waals surface area contributed by atoms with Gasteiger partial charge in [-0.3, -0.25) is 34.6 Å². The third kappa shape index (κ3) is 14.1. The fraction of sp³-hybridized carbons (Fsp3) is 0.227. The van der Waals surface area contributed by atoms with E-state index >= 15 is 0 Å². The molecule has 2 aromatic heterocycles. The first-order valence-corrected chi connectivity index (χ1v) is 29.7. The number of nitrogens with one attached hydrogen (secondary N) is 4. The first-order chi connectivity index (χ1) is 45.4. The molecule has 0 spiro atoms. The molecule has 0 atom stereocenters. The molecule has 3 heterocycles. The second-order valence-electron chi connectivity index (χ2n) is 21.3. The molecule has 7 aromatic carbocycles. The second-order valence-corrected chi connectivity index (χ2v) is 22.1. The van der Waals surface area contributed by atoms with Crippen LogP contribution in [0.2, 0.25) is 0 Å². The molecule has 3 aliphatic rings. The standard InChI is InChI=1S/C41H41N7O10.C23H15BrN2O4.2CO2/c1-24-21-26(41(51)56-2)9-11-30(24)44-32-23-34(37-36-35(32)38(49)28-7-3-4-8-29(28)39(36)58-45-37)46-17-13-25(14-18-46)40(50)43-16-6-20-57-19-5-15-42-31-12-10-27(47(52)53)22-33(31)48(54)55;1-11-9-12(23(28)29-2)7-8-16(11)25-17-10-15(24)20-19-18(17)21(27)13-5-3-4-6-14(13)22(19)30-26-20;2*2-1-3/h3-4,7-12,21-23,25,42,44H,5-6,13-20H2,1-2H3,(H,43,50);3-10,25H,1-2H3;;. The lowest BCUT2D eigenvalue weighted by atomic mass is 9.86. The zero-order chi connectivity index (χ0) is 67.3. The quantitative estimate of drug-likeness (QED) is 0.0253. The number of anilines is 6. The number of ketones is 2. The molecule has 4 N–H and O–H groups in total. The van der Waals surface area contributed by atoms with Crippen molar-refractivity contribution in [3.63, 3.8) is 0 Å². The van der Waals surface area contributed by atoms with Crippen LogP contribution in [0.3, 0.4) is 0 Å². The molecule has 0 bridgehead atoms. The Morgan fingerprint density at radius 3 is 1.61 bits per heavy atom. The summed E-state index contributed by atoms with van der Waals surface area (Å²) in [7, 11) is 2.68. The summed E-state index contributed by atoms with van der Waals surface area (Å²) in [5, 5.41) is 45.0. The summed E-state index contributed by atoms with van der Waals surface area (Å²) in [5.74, 6) is -0.198. The molecule has 1 saturated heterocycles. The van der Waals surface area contributed by atoms with Gasteiger partial charge in [0, 0.05) is 89.5 Å². The monoisotopic (exact) mass is 1340 g/mol. The van der Waals surface area contributed by atoms with E-state index in [0.29, 0.717) is 154 Å². The molecule has 1 aliphatic heterocycles. The number of benzene rings is 7. The number of nitro groups is 2. The van der Waals surface area contributed by atoms with Crippen molar-refractivity contribution in [1.29, 1.82) is 0 Å². The van der Waals surface area contributed by atoms with Crippen molar-refractivity contribution >= 4 is 125 Å². The molecule has 2 aliphatic carbocycles. The average Bonchev–Trinajstić information content (AvgIpc) is 1.46. The highest BCUT2D eigenvalue weighted by Crippen LogP contribution is 2.48. The number of aryl methyl sites for hydroxylation is 2. The van der Waals surface area contributed by atoms with Gasteiger partial charge in [0.2, 0.25) is 5.91 Å². The Morgan fingerprint density at radius 1 is 0.628 bits per heavy atom. The number of methoxy groups -OCH3 is 2. The topological polar surface area (TPSA) is 371 Å². The van der Waals surface area contributed by atoms with Gasteiger partial charge >= 0.3 is 24.2 Å². The normalized spacial score (nSPS) is 12.4. The maximum Gasteiger partial charge on any atom is 0.373 e. The van der Waals surface area contributed by atoms with E-state index in [1.54, 1.807) is 48.5 Å². The van der Waals surface area contributed by atoms with E-state index in [-0.39, 0.29) is 52.8 Å². The molecule has 480 valence electrons. The molecular formula is C66H56BrN9O18. The number of rotatable bonds is 19. The van der Waals surface area contributed by atoms with E-state index in [9.17, 15) is 44.2 Å². The lowest BCUT2D eigenvalue weighted by Gasteiger charge is -2.33. The number of nitrogens with zero attached hydrogens (tertiary/aromatic N) is 5. The predicted octanol–water partition coefficient (Wildman–Crippen LogP) is 11.4. The Morgan fingerprint density at radius 2 is 1.11 bits per heavy atom. The van der Waals surface area contributed by atoms with Crippen LogP contribution in [0.5, 0.6) is 0 Å². The Labute approximate surface area is 541 Å². The highest BCUT2D eigenvalue weighted by atomic mass is 79.9. The van der Waals surface area contributed by atoms with E-state index in [1.165, 1.54) is 26.4 Å². The predicted molar refractivity (Wildman–Crippen MR) is 341 cm³/mol. The van der Waals surface area contributed by atoms with Crippen LogP contribution < -0.4 is 26.2 Å². The Kier molecular flexibility index (Phi) is 21.4. The first-order valence-electron chi connectivity index (χ1n) is 28.9. The summed E-state index contributed by atoms with van der Waals surface area (Å²) in [6, 6.07) is 32.2. The largest absolute Gasteiger partial charge is 0.465 e. The molecule has 0 unspecified atom stereocenters. The molecule has 1 fully saturated rings. The van der Waals surface area contributed by atoms with Gasteiger partial charge in [-0.25, -0.2) is 9.59 Å². The van der Waals surface area contributed by atoms with E-state index in [2.05, 4.69) is 52.4 Å². The fourth-order valence-corrected chi connectivity index (χ4v) is 11.7. The summed E-state index contributed by atoms with van der Waals surface area (Å²) in [6.07, 6.45) is 2.87. The number of piperidine rings is 1. The van der Waals surface area contributed by atoms with Gasteiger partial charge in [0.15, 0.2) is 23.1 Å². The van der Waals surface area contributed by atoms with Gasteiger partial charge in [-0.1, -0.05) is 58.8 Å². The minimum absolute atomic E-state index is 0.0254. The zero-order valence-electron chi connectivity index (χ0n) is 50.6. The van der Waals surface area contributed by atoms with Crippen LogP contribution in [0.4, 0.5) is 45.5 Å². The van der Waals surface area contributed by atoms with E-state index < -0.39 is 21.8 Å². The second kappa shape index (κ2) is 30.0. The SMILES string of the molecule is COC(=O)c1ccc(Nc2cc(Br)c3noc4c3c2C(=O)c2ccccc2-4)c(C)c1.COC(=O)c1ccc(Nc2cc(N3CCC(C(=O)NCCCOCCCNc4ccc([N+](=O)[O-])cc4[N+](=O)[O-])CC3)c3noc4c3c2C(=O)c2ccccc2-4)c(C)c1.O=C=O.O=C=O. The molecule has 1 amide bonds. The van der Waals surface area contributed by atoms with Gasteiger partial charge in [0.1, 0.15) is 16.7 Å². The fourth-order valence-electron chi connectivity index (χ4n) is 11.2. The Bertz CT molecular complexity index is 4530. The van der Waals surface area contributed by atoms with Crippen molar-refractivity contribution in [1.82, 2.24) is 15.6 Å². The van der Waals surface area contributed by atoms with Crippen LogP contribution in [-0.2, 0) is 38.2 Å². The van der Waals surface area contributed by atoms with Gasteiger partial charge in [-0.2, -0.15) is 19.2 Å². The average molecular weight is 1340 g/mol. The molecule has 9 aromatic rings. The van der Waals surface area contributed by atoms with Crippen molar-refractivity contribution in [3.05, 3.63) is 184 Å². The number of halogens is 1. The molecule has 0 saturated carbocycles. The molecule has 27 nitrogen and oxygen atoms in total. The number of ether oxygens (including phenoxy) is 3. The number of fused-ring (bicyclic) bond motifs is 4. The zero-order valence-corrected chi connectivity index (χ0v) is 52.2. The molecule has 28 heteroatoms. The molecule has 94 heavy (non-hydrogen) atoms. The molecule has 0 radical (unpaired) electrons. The minimum Gasteiger partial charge on any atom is -0.465 e. The number of amides is 1. The maximum absolute atomic E-state index is 14.1. The summed E-state index contributed by atoms with van der Waals surface area (Å²) in [5.41, 5.74) is 10.1. The number of esters is 2. The number of hydrogen-bond acceptors (Lipinski definition) is 24. The maximum atomic E-state index is 14.1. The summed E-state index contributed by atoms with van der Waals surface area (Å²) in [4.78, 5) is 120. The highest BCUT2D eigenvalue weighted by Gasteiger charge is 2.36. The van der Waals surface area contributed by atoms with Crippen molar-refractivity contribution in [2.45, 2.75) is 39.5 Å². The Hall–Kier alpha value is -11.6. The van der Waals surface area contributed by atoms with Crippen molar-refractivity contribution in [2.24, 2.45) is 5.92 Å². The first kappa shape index (κ1) is 66.8. The number of aromatic nitrogens is 2. The van der Waals surface area contributed by atoms with Crippen LogP contribution in [0.15, 0.2) is 129 Å². The van der Waals surface area contributed by atoms with Gasteiger partial charge < -0.3 is 49.4 Å². The van der Waals surface area contributed by atoms with Crippen LogP contribution in [-0.4, -0.2) is 115 Å². The summed E-state index contributed by atoms with van der Waals surface area (Å²) < 4.78 is 27.6. The third-order valence-corrected chi connectivity index (χ3v) is 16.3. The Balaban J connectivity index is 0.000000240. The number of carbonyl (C=O) groups excluding carboxylic acids is 9. The third-order valence-electron chi connectivity index (χ3n) is 15.7. The van der Waals surface area contributed by atoms with E-state index in [1.807, 2.05) is 62.4 Å². The minimum atomic E-state index is -0.680. The van der Waals surface area contributed by atoms with Gasteiger partial charge in [0.05, 0.1) is 80.2 Å². The number of nitro benzene ring substituents is 2. The van der Waals surface area contributed by atoms with Gasteiger partial charge in [0.25, 0.3) is 11.4 Å². The lowest BCUT2D eigenvalue weighted by molar-refractivity contribution is -0.393. The van der Waals surface area contributed by atoms with Crippen LogP contribution in [0, 0.1) is 40.0 Å². The number of carbonyl (C=O) groups is 5. The van der Waals surface area contributed by atoms with Crippen LogP contribution in [0.1, 0.15) is 89.4 Å². The highest BCUT2D eigenvalue weighted by molar-refractivity contribution is 9.10. The lowest BCUT2D eigenvalue weighted by Crippen LogP contribution is -2.41. The van der Waals surface area contributed by atoms with Crippen LogP contribution in [0.25, 0.3) is 44.5 Å². The van der Waals surface area contributed by atoms with Crippen molar-refractivity contribution in [2.75, 3.05) is 74.5 Å². The number of hydrogen-bond donors (Lipinski definition) is 4. The van der Waals surface area contributed by atoms with Crippen molar-refractivity contribution < 1.29 is 76.3 Å². The summed E-state index contributed by atoms with van der Waals surface area (Å²) in [6.45, 7) is 6.53. The van der Waals surface area contributed by atoms with E-state index in [0.717, 1.165) is 38.6 Å². The van der Waals surface area contributed by atoms with Gasteiger partial charge in [-0.05, 0) is 121 Å². The summed E-state index contributed by atoms with van der Waals surface area (Å²) >= 11 is 3.55. The number of non-ortho nitro benzene ring substituents is 1. The molecular weight excluding hydrogens is 1290 g/mol. The molecule has 12 rings (SSSR count). The van der Waals surface area contributed by atoms with Gasteiger partial charge in [-0.15, -0.1) is 0 Å².